The predicted molar refractivity (Wildman–Crippen MR) is 76.8 cm³/mol. The van der Waals surface area contributed by atoms with Crippen molar-refractivity contribution in [2.75, 3.05) is 24.5 Å². The Balaban J connectivity index is 2.92. The van der Waals surface area contributed by atoms with E-state index in [0.717, 1.165) is 37.3 Å². The summed E-state index contributed by atoms with van der Waals surface area (Å²) in [6, 6.07) is 5.33. The van der Waals surface area contributed by atoms with E-state index in [1.54, 1.807) is 0 Å². The van der Waals surface area contributed by atoms with E-state index in [-0.39, 0.29) is 5.41 Å². The maximum atomic E-state index is 12.6. The van der Waals surface area contributed by atoms with E-state index in [0.29, 0.717) is 6.54 Å². The number of hydrogen-bond acceptors (Lipinski definition) is 2. The third-order valence-electron chi connectivity index (χ3n) is 3.22. The van der Waals surface area contributed by atoms with Gasteiger partial charge >= 0.3 is 6.18 Å². The van der Waals surface area contributed by atoms with Gasteiger partial charge in [0.2, 0.25) is 0 Å². The molecule has 0 heterocycles. The van der Waals surface area contributed by atoms with Gasteiger partial charge in [0.05, 0.1) is 5.56 Å². The molecule has 1 aromatic rings. The predicted octanol–water partition coefficient (Wildman–Crippen LogP) is 3.91. The minimum atomic E-state index is -4.29. The van der Waals surface area contributed by atoms with Gasteiger partial charge in [0.15, 0.2) is 0 Å². The van der Waals surface area contributed by atoms with Crippen molar-refractivity contribution >= 4 is 5.69 Å². The largest absolute Gasteiger partial charge is 0.416 e. The first kappa shape index (κ1) is 16.8. The van der Waals surface area contributed by atoms with Crippen LogP contribution in [0.3, 0.4) is 0 Å². The first-order valence-electron chi connectivity index (χ1n) is 6.82. The molecule has 0 aromatic heterocycles. The second-order valence-electron chi connectivity index (χ2n) is 5.83. The summed E-state index contributed by atoms with van der Waals surface area (Å²) in [5, 5.41) is 0. The second-order valence-corrected chi connectivity index (χ2v) is 5.83. The third kappa shape index (κ3) is 4.71. The molecule has 5 heteroatoms. The molecule has 2 N–H and O–H groups in total. The molecule has 0 aliphatic rings. The molecular formula is C15H23F3N2. The Kier molecular flexibility index (Phi) is 5.45. The zero-order valence-electron chi connectivity index (χ0n) is 12.3. The molecule has 20 heavy (non-hydrogen) atoms. The molecular weight excluding hydrogens is 265 g/mol. The van der Waals surface area contributed by atoms with Gasteiger partial charge in [-0.05, 0) is 42.6 Å². The summed E-state index contributed by atoms with van der Waals surface area (Å²) in [6.45, 7) is 8.22. The molecule has 1 rings (SSSR count). The quantitative estimate of drug-likeness (QED) is 0.860. The zero-order chi connectivity index (χ0) is 15.4. The fraction of sp³-hybridized carbons (Fsp3) is 0.600. The zero-order valence-corrected chi connectivity index (χ0v) is 12.3. The van der Waals surface area contributed by atoms with Crippen molar-refractivity contribution < 1.29 is 13.2 Å². The van der Waals surface area contributed by atoms with Crippen molar-refractivity contribution in [1.82, 2.24) is 0 Å². The van der Waals surface area contributed by atoms with E-state index in [4.69, 9.17) is 5.73 Å². The summed E-state index contributed by atoms with van der Waals surface area (Å²) in [4.78, 5) is 2.09. The summed E-state index contributed by atoms with van der Waals surface area (Å²) in [6.07, 6.45) is -3.35. The standard InChI is InChI=1S/C15H23F3N2/c1-4-9-20(11-14(2,3)10-19)13-7-5-12(6-8-13)15(16,17)18/h5-8H,4,9-11,19H2,1-3H3. The van der Waals surface area contributed by atoms with Gasteiger partial charge in [-0.3, -0.25) is 0 Å². The summed E-state index contributed by atoms with van der Waals surface area (Å²) >= 11 is 0. The second kappa shape index (κ2) is 6.48. The van der Waals surface area contributed by atoms with Crippen LogP contribution in [0, 0.1) is 5.41 Å². The van der Waals surface area contributed by atoms with Gasteiger partial charge in [-0.1, -0.05) is 20.8 Å². The van der Waals surface area contributed by atoms with Crippen molar-refractivity contribution in [3.63, 3.8) is 0 Å². The Morgan fingerprint density at radius 3 is 2.05 bits per heavy atom. The molecule has 0 unspecified atom stereocenters. The Bertz CT molecular complexity index is 410. The van der Waals surface area contributed by atoms with Crippen LogP contribution in [0.1, 0.15) is 32.8 Å². The molecule has 0 bridgehead atoms. The first-order valence-corrected chi connectivity index (χ1v) is 6.82. The van der Waals surface area contributed by atoms with Gasteiger partial charge in [0.1, 0.15) is 0 Å². The highest BCUT2D eigenvalue weighted by molar-refractivity contribution is 5.48. The highest BCUT2D eigenvalue weighted by Crippen LogP contribution is 2.31. The summed E-state index contributed by atoms with van der Waals surface area (Å²) in [5.74, 6) is 0. The van der Waals surface area contributed by atoms with Gasteiger partial charge in [-0.2, -0.15) is 13.2 Å². The number of anilines is 1. The van der Waals surface area contributed by atoms with E-state index in [2.05, 4.69) is 18.7 Å². The average Bonchev–Trinajstić information content (AvgIpc) is 2.37. The monoisotopic (exact) mass is 288 g/mol. The van der Waals surface area contributed by atoms with Crippen LogP contribution in [0.5, 0.6) is 0 Å². The lowest BCUT2D eigenvalue weighted by Gasteiger charge is -2.33. The van der Waals surface area contributed by atoms with Crippen LogP contribution in [0.4, 0.5) is 18.9 Å². The Morgan fingerprint density at radius 1 is 1.10 bits per heavy atom. The molecule has 2 nitrogen and oxygen atoms in total. The van der Waals surface area contributed by atoms with Gasteiger partial charge in [-0.25, -0.2) is 0 Å². The summed E-state index contributed by atoms with van der Waals surface area (Å²) in [5.41, 5.74) is 5.85. The molecule has 0 aliphatic carbocycles. The number of hydrogen-bond donors (Lipinski definition) is 1. The molecule has 0 amide bonds. The van der Waals surface area contributed by atoms with Gasteiger partial charge in [0.25, 0.3) is 0 Å². The van der Waals surface area contributed by atoms with Crippen LogP contribution < -0.4 is 10.6 Å². The van der Waals surface area contributed by atoms with E-state index >= 15 is 0 Å². The van der Waals surface area contributed by atoms with Crippen LogP contribution in [-0.2, 0) is 6.18 Å². The molecule has 0 aliphatic heterocycles. The third-order valence-corrected chi connectivity index (χ3v) is 3.22. The molecule has 0 saturated heterocycles. The smallest absolute Gasteiger partial charge is 0.371 e. The summed E-state index contributed by atoms with van der Waals surface area (Å²) < 4.78 is 37.7. The van der Waals surface area contributed by atoms with E-state index in [1.165, 1.54) is 12.1 Å². The van der Waals surface area contributed by atoms with E-state index < -0.39 is 11.7 Å². The average molecular weight is 288 g/mol. The van der Waals surface area contributed by atoms with Crippen molar-refractivity contribution in [2.24, 2.45) is 11.1 Å². The molecule has 0 saturated carbocycles. The number of nitrogens with two attached hydrogens (primary N) is 1. The minimum absolute atomic E-state index is 0.0716. The maximum absolute atomic E-state index is 12.6. The number of alkyl halides is 3. The van der Waals surface area contributed by atoms with Gasteiger partial charge in [-0.15, -0.1) is 0 Å². The molecule has 0 fully saturated rings. The highest BCUT2D eigenvalue weighted by atomic mass is 19.4. The number of nitrogens with zero attached hydrogens (tertiary/aromatic N) is 1. The van der Waals surface area contributed by atoms with Gasteiger partial charge in [0, 0.05) is 18.8 Å². The topological polar surface area (TPSA) is 29.3 Å². The first-order chi connectivity index (χ1) is 9.19. The minimum Gasteiger partial charge on any atom is -0.371 e. The Hall–Kier alpha value is -1.23. The van der Waals surface area contributed by atoms with Gasteiger partial charge < -0.3 is 10.6 Å². The van der Waals surface area contributed by atoms with E-state index in [9.17, 15) is 13.2 Å². The fourth-order valence-corrected chi connectivity index (χ4v) is 2.01. The fourth-order valence-electron chi connectivity index (χ4n) is 2.01. The molecule has 1 aromatic carbocycles. The van der Waals surface area contributed by atoms with Crippen LogP contribution in [0.25, 0.3) is 0 Å². The number of benzene rings is 1. The SMILES string of the molecule is CCCN(CC(C)(C)CN)c1ccc(C(F)(F)F)cc1. The van der Waals surface area contributed by atoms with Crippen molar-refractivity contribution in [3.05, 3.63) is 29.8 Å². The van der Waals surface area contributed by atoms with Crippen molar-refractivity contribution in [2.45, 2.75) is 33.4 Å². The van der Waals surface area contributed by atoms with Crippen molar-refractivity contribution in [1.29, 1.82) is 0 Å². The highest BCUT2D eigenvalue weighted by Gasteiger charge is 2.30. The Morgan fingerprint density at radius 2 is 1.65 bits per heavy atom. The molecule has 114 valence electrons. The van der Waals surface area contributed by atoms with Crippen molar-refractivity contribution in [3.8, 4) is 0 Å². The molecule has 0 atom stereocenters. The lowest BCUT2D eigenvalue weighted by atomic mass is 9.92. The van der Waals surface area contributed by atoms with Crippen LogP contribution >= 0.6 is 0 Å². The maximum Gasteiger partial charge on any atom is 0.416 e. The number of halogens is 3. The molecule has 0 spiro atoms. The molecule has 0 radical (unpaired) electrons. The normalized spacial score (nSPS) is 12.6. The summed E-state index contributed by atoms with van der Waals surface area (Å²) in [7, 11) is 0. The lowest BCUT2D eigenvalue weighted by molar-refractivity contribution is -0.137. The lowest BCUT2D eigenvalue weighted by Crippen LogP contribution is -2.39. The van der Waals surface area contributed by atoms with Crippen LogP contribution in [-0.4, -0.2) is 19.6 Å². The Labute approximate surface area is 118 Å². The van der Waals surface area contributed by atoms with Crippen LogP contribution in [0.2, 0.25) is 0 Å². The number of rotatable bonds is 6. The van der Waals surface area contributed by atoms with Crippen LogP contribution in [0.15, 0.2) is 24.3 Å². The van der Waals surface area contributed by atoms with E-state index in [1.807, 2.05) is 6.92 Å².